The van der Waals surface area contributed by atoms with Crippen molar-refractivity contribution in [1.82, 2.24) is 9.97 Å². The van der Waals surface area contributed by atoms with E-state index in [1.165, 1.54) is 24.5 Å². The van der Waals surface area contributed by atoms with Crippen LogP contribution in [0.4, 0.5) is 11.6 Å². The summed E-state index contributed by atoms with van der Waals surface area (Å²) in [6.45, 7) is 2.67. The number of nitrogens with one attached hydrogen (secondary N) is 1. The first-order valence-electron chi connectivity index (χ1n) is 9.11. The normalized spacial score (nSPS) is 14.4. The van der Waals surface area contributed by atoms with Crippen LogP contribution in [0.5, 0.6) is 11.5 Å². The summed E-state index contributed by atoms with van der Waals surface area (Å²) in [5.41, 5.74) is 0.298. The van der Waals surface area contributed by atoms with E-state index in [4.69, 9.17) is 9.47 Å². The van der Waals surface area contributed by atoms with E-state index in [-0.39, 0.29) is 4.90 Å². The molecule has 1 aliphatic rings. The lowest BCUT2D eigenvalue weighted by Crippen LogP contribution is -2.37. The van der Waals surface area contributed by atoms with Gasteiger partial charge in [0.2, 0.25) is 5.95 Å². The number of anilines is 2. The van der Waals surface area contributed by atoms with Gasteiger partial charge in [0.15, 0.2) is 0 Å². The molecular formula is C20H20N4O4S. The highest BCUT2D eigenvalue weighted by molar-refractivity contribution is 7.92. The second-order valence-electron chi connectivity index (χ2n) is 6.36. The zero-order chi connectivity index (χ0) is 20.1. The number of hydrogen-bond donors (Lipinski definition) is 1. The molecule has 29 heavy (non-hydrogen) atoms. The maximum absolute atomic E-state index is 12.6. The zero-order valence-electron chi connectivity index (χ0n) is 15.6. The number of ether oxygens (including phenoxy) is 2. The fourth-order valence-corrected chi connectivity index (χ4v) is 3.85. The number of sulfonamides is 1. The number of para-hydroxylation sites is 1. The van der Waals surface area contributed by atoms with Gasteiger partial charge >= 0.3 is 0 Å². The molecule has 0 aliphatic carbocycles. The van der Waals surface area contributed by atoms with Crippen LogP contribution in [0.2, 0.25) is 0 Å². The van der Waals surface area contributed by atoms with E-state index in [1.807, 2.05) is 35.2 Å². The molecule has 1 fully saturated rings. The molecule has 150 valence electrons. The molecule has 2 aromatic carbocycles. The molecule has 8 nitrogen and oxygen atoms in total. The first-order chi connectivity index (χ1) is 14.1. The molecule has 0 unspecified atom stereocenters. The molecular weight excluding hydrogens is 392 g/mol. The Hall–Kier alpha value is -3.17. The van der Waals surface area contributed by atoms with Gasteiger partial charge in [-0.1, -0.05) is 18.2 Å². The Kier molecular flexibility index (Phi) is 5.59. The smallest absolute Gasteiger partial charge is 0.261 e. The summed E-state index contributed by atoms with van der Waals surface area (Å²) < 4.78 is 38.7. The van der Waals surface area contributed by atoms with Crippen molar-refractivity contribution < 1.29 is 17.9 Å². The number of aromatic nitrogens is 2. The van der Waals surface area contributed by atoms with E-state index in [2.05, 4.69) is 14.7 Å². The fraction of sp³-hybridized carbons (Fsp3) is 0.200. The zero-order valence-corrected chi connectivity index (χ0v) is 16.4. The molecule has 1 aliphatic heterocycles. The minimum Gasteiger partial charge on any atom is -0.457 e. The SMILES string of the molecule is O=S(=O)(Nc1cnc(N2CCOCC2)nc1)c1ccc(Oc2ccccc2)cc1. The number of morpholine rings is 1. The summed E-state index contributed by atoms with van der Waals surface area (Å²) in [6.07, 6.45) is 2.92. The molecule has 9 heteroatoms. The molecule has 0 radical (unpaired) electrons. The van der Waals surface area contributed by atoms with Crippen molar-refractivity contribution >= 4 is 21.7 Å². The highest BCUT2D eigenvalue weighted by Crippen LogP contribution is 2.23. The van der Waals surface area contributed by atoms with Gasteiger partial charge in [0.05, 0.1) is 36.2 Å². The first-order valence-corrected chi connectivity index (χ1v) is 10.6. The molecule has 1 N–H and O–H groups in total. The van der Waals surface area contributed by atoms with Crippen molar-refractivity contribution in [2.45, 2.75) is 4.90 Å². The van der Waals surface area contributed by atoms with Gasteiger partial charge < -0.3 is 14.4 Å². The van der Waals surface area contributed by atoms with E-state index in [0.29, 0.717) is 49.4 Å². The predicted molar refractivity (Wildman–Crippen MR) is 109 cm³/mol. The minimum absolute atomic E-state index is 0.121. The lowest BCUT2D eigenvalue weighted by Gasteiger charge is -2.26. The van der Waals surface area contributed by atoms with Gasteiger partial charge in [-0.05, 0) is 36.4 Å². The van der Waals surface area contributed by atoms with Crippen molar-refractivity contribution in [3.63, 3.8) is 0 Å². The highest BCUT2D eigenvalue weighted by atomic mass is 32.2. The van der Waals surface area contributed by atoms with Crippen LogP contribution in [0.25, 0.3) is 0 Å². The largest absolute Gasteiger partial charge is 0.457 e. The van der Waals surface area contributed by atoms with Crippen LogP contribution >= 0.6 is 0 Å². The van der Waals surface area contributed by atoms with E-state index < -0.39 is 10.0 Å². The number of nitrogens with zero attached hydrogens (tertiary/aromatic N) is 3. The van der Waals surface area contributed by atoms with Crippen LogP contribution in [0.3, 0.4) is 0 Å². The lowest BCUT2D eigenvalue weighted by atomic mass is 10.3. The van der Waals surface area contributed by atoms with Crippen LogP contribution in [-0.4, -0.2) is 44.7 Å². The summed E-state index contributed by atoms with van der Waals surface area (Å²) in [4.78, 5) is 10.6. The quantitative estimate of drug-likeness (QED) is 0.665. The van der Waals surface area contributed by atoms with Crippen LogP contribution in [0.15, 0.2) is 71.9 Å². The Balaban J connectivity index is 1.42. The van der Waals surface area contributed by atoms with Gasteiger partial charge in [0.1, 0.15) is 11.5 Å². The second-order valence-corrected chi connectivity index (χ2v) is 8.05. The van der Waals surface area contributed by atoms with Crippen LogP contribution < -0.4 is 14.4 Å². The van der Waals surface area contributed by atoms with Gasteiger partial charge in [-0.3, -0.25) is 4.72 Å². The molecule has 3 aromatic rings. The van der Waals surface area contributed by atoms with Gasteiger partial charge in [-0.25, -0.2) is 18.4 Å². The van der Waals surface area contributed by atoms with Crippen molar-refractivity contribution in [2.75, 3.05) is 35.9 Å². The van der Waals surface area contributed by atoms with E-state index in [1.54, 1.807) is 12.1 Å². The Morgan fingerprint density at radius 3 is 2.17 bits per heavy atom. The molecule has 0 amide bonds. The topological polar surface area (TPSA) is 93.7 Å². The predicted octanol–water partition coefficient (Wildman–Crippen LogP) is 2.91. The molecule has 1 saturated heterocycles. The summed E-state index contributed by atoms with van der Waals surface area (Å²) >= 11 is 0. The Labute approximate surface area is 169 Å². The number of hydrogen-bond acceptors (Lipinski definition) is 7. The average Bonchev–Trinajstić information content (AvgIpc) is 2.76. The minimum atomic E-state index is -3.76. The van der Waals surface area contributed by atoms with Crippen molar-refractivity contribution in [3.05, 3.63) is 67.0 Å². The fourth-order valence-electron chi connectivity index (χ4n) is 2.83. The third-order valence-electron chi connectivity index (χ3n) is 4.30. The highest BCUT2D eigenvalue weighted by Gasteiger charge is 2.17. The van der Waals surface area contributed by atoms with Gasteiger partial charge in [0.25, 0.3) is 10.0 Å². The van der Waals surface area contributed by atoms with E-state index in [9.17, 15) is 8.42 Å². The third kappa shape index (κ3) is 4.82. The maximum atomic E-state index is 12.6. The van der Waals surface area contributed by atoms with Crippen LogP contribution in [0.1, 0.15) is 0 Å². The molecule has 0 spiro atoms. The molecule has 4 rings (SSSR count). The first kappa shape index (κ1) is 19.2. The van der Waals surface area contributed by atoms with Gasteiger partial charge in [0, 0.05) is 13.1 Å². The van der Waals surface area contributed by atoms with E-state index >= 15 is 0 Å². The summed E-state index contributed by atoms with van der Waals surface area (Å²) in [5, 5.41) is 0. The molecule has 1 aromatic heterocycles. The number of rotatable bonds is 6. The molecule has 0 saturated carbocycles. The maximum Gasteiger partial charge on any atom is 0.261 e. The van der Waals surface area contributed by atoms with Crippen molar-refractivity contribution in [2.24, 2.45) is 0 Å². The molecule has 2 heterocycles. The van der Waals surface area contributed by atoms with E-state index in [0.717, 1.165) is 0 Å². The van der Waals surface area contributed by atoms with Gasteiger partial charge in [-0.15, -0.1) is 0 Å². The van der Waals surface area contributed by atoms with Crippen LogP contribution in [-0.2, 0) is 14.8 Å². The summed E-state index contributed by atoms with van der Waals surface area (Å²) in [5.74, 6) is 1.78. The Morgan fingerprint density at radius 1 is 0.897 bits per heavy atom. The van der Waals surface area contributed by atoms with Crippen LogP contribution in [0, 0.1) is 0 Å². The standard InChI is InChI=1S/C20H20N4O4S/c25-29(26,19-8-6-18(7-9-19)28-17-4-2-1-3-5-17)23-16-14-21-20(22-15-16)24-10-12-27-13-11-24/h1-9,14-15,23H,10-13H2. The summed E-state index contributed by atoms with van der Waals surface area (Å²) in [6, 6.07) is 15.5. The van der Waals surface area contributed by atoms with Crippen molar-refractivity contribution in [3.8, 4) is 11.5 Å². The van der Waals surface area contributed by atoms with Gasteiger partial charge in [-0.2, -0.15) is 0 Å². The Bertz CT molecular complexity index is 1040. The van der Waals surface area contributed by atoms with Crippen molar-refractivity contribution in [1.29, 1.82) is 0 Å². The Morgan fingerprint density at radius 2 is 1.52 bits per heavy atom. The second kappa shape index (κ2) is 8.46. The summed E-state index contributed by atoms with van der Waals surface area (Å²) in [7, 11) is -3.76. The lowest BCUT2D eigenvalue weighted by molar-refractivity contribution is 0.122. The average molecular weight is 412 g/mol. The number of benzene rings is 2. The molecule has 0 atom stereocenters. The third-order valence-corrected chi connectivity index (χ3v) is 5.69. The molecule has 0 bridgehead atoms. The monoisotopic (exact) mass is 412 g/mol.